The maximum atomic E-state index is 11.3. The Hall–Kier alpha value is -1.63. The Kier molecular flexibility index (Phi) is 18.1. The number of aliphatic carboxylic acids is 1. The Bertz CT molecular complexity index is 279. The van der Waals surface area contributed by atoms with Crippen molar-refractivity contribution in [1.82, 2.24) is 16.0 Å². The summed E-state index contributed by atoms with van der Waals surface area (Å²) in [6, 6.07) is -0.132. The minimum absolute atomic E-state index is 0. The summed E-state index contributed by atoms with van der Waals surface area (Å²) >= 11 is 0. The van der Waals surface area contributed by atoms with E-state index < -0.39 is 5.97 Å². The van der Waals surface area contributed by atoms with Crippen LogP contribution in [0.1, 0.15) is 40.5 Å². The van der Waals surface area contributed by atoms with E-state index >= 15 is 0 Å². The number of amides is 2. The van der Waals surface area contributed by atoms with Crippen LogP contribution < -0.4 is 16.0 Å². The van der Waals surface area contributed by atoms with Gasteiger partial charge in [0, 0.05) is 27.4 Å². The third kappa shape index (κ3) is 18.7. The van der Waals surface area contributed by atoms with Crippen molar-refractivity contribution in [2.75, 3.05) is 20.6 Å². The monoisotopic (exact) mass is 296 g/mol. The average Bonchev–Trinajstić information content (AvgIpc) is 2.31. The molecule has 0 fully saturated rings. The predicted molar refractivity (Wildman–Crippen MR) is 79.5 cm³/mol. The lowest BCUT2D eigenvalue weighted by Gasteiger charge is -2.13. The number of carboxylic acids is 1. The molecule has 0 aromatic rings. The highest BCUT2D eigenvalue weighted by molar-refractivity contribution is 5.81. The van der Waals surface area contributed by atoms with Crippen molar-refractivity contribution in [3.63, 3.8) is 0 Å². The molecule has 0 heterocycles. The maximum Gasteiger partial charge on any atom is 0.300 e. The molecule has 4 N–H and O–H groups in total. The van der Waals surface area contributed by atoms with Crippen LogP contribution in [-0.4, -0.2) is 49.6 Å². The van der Waals surface area contributed by atoms with Crippen molar-refractivity contribution in [2.45, 2.75) is 46.6 Å². The third-order valence-corrected chi connectivity index (χ3v) is 2.20. The average molecular weight is 296 g/mol. The second kappa shape index (κ2) is 15.4. The SMILES string of the molecule is CC(=O)[15NH]CCCCC(N[13CH3])C(=O)N[13CH3].[13CH3]C(=O)O.[13CH4]. The molecule has 1 atom stereocenters. The standard InChI is InChI=1S/C10H21N3O2.C2H4O2.CH4/c1-8(14)13-7-5-4-6-9(11-2)10(15)12-3;1-2(3)4;/h9,11H,4-7H2,1-3H3,(H,12,15)(H,13,14);1H3,(H,3,4);1H4/i2+1,3+1,13+1;2*1+1. The van der Waals surface area contributed by atoms with E-state index in [0.717, 1.165) is 26.2 Å². The van der Waals surface area contributed by atoms with Crippen LogP contribution in [0.4, 0.5) is 0 Å². The number of likely N-dealkylation sites (N-methyl/N-ethyl adjacent to an activating group) is 2. The van der Waals surface area contributed by atoms with Crippen LogP contribution in [0.25, 0.3) is 0 Å². The third-order valence-electron chi connectivity index (χ3n) is 2.20. The lowest BCUT2D eigenvalue weighted by molar-refractivity contribution is -0.134. The van der Waals surface area contributed by atoms with Gasteiger partial charge in [-0.1, -0.05) is 7.43 Å². The Morgan fingerprint density at radius 1 is 1.10 bits per heavy atom. The number of carboxylic acid groups (broad SMARTS) is 1. The largest absolute Gasteiger partial charge is 0.481 e. The van der Waals surface area contributed by atoms with E-state index in [-0.39, 0.29) is 25.3 Å². The Labute approximate surface area is 121 Å². The molecule has 0 spiro atoms. The smallest absolute Gasteiger partial charge is 0.300 e. The van der Waals surface area contributed by atoms with Gasteiger partial charge in [-0.2, -0.15) is 0 Å². The summed E-state index contributed by atoms with van der Waals surface area (Å²) in [4.78, 5) is 30.8. The number of unbranched alkanes of at least 4 members (excludes halogenated alkanes) is 1. The summed E-state index contributed by atoms with van der Waals surface area (Å²) in [7, 11) is 3.40. The lowest BCUT2D eigenvalue weighted by atomic mass is 10.1. The molecule has 7 nitrogen and oxygen atoms in total. The Morgan fingerprint density at radius 3 is 1.95 bits per heavy atom. The second-order valence-electron chi connectivity index (χ2n) is 3.95. The fourth-order valence-electron chi connectivity index (χ4n) is 1.32. The molecular weight excluding hydrogens is 267 g/mol. The molecule has 120 valence electrons. The Morgan fingerprint density at radius 2 is 1.60 bits per heavy atom. The van der Waals surface area contributed by atoms with Crippen LogP contribution in [0.15, 0.2) is 0 Å². The van der Waals surface area contributed by atoms with E-state index in [1.165, 1.54) is 6.92 Å². The van der Waals surface area contributed by atoms with Gasteiger partial charge in [0.15, 0.2) is 0 Å². The molecule has 0 aromatic carbocycles. The van der Waals surface area contributed by atoms with Gasteiger partial charge >= 0.3 is 0 Å². The van der Waals surface area contributed by atoms with E-state index in [0.29, 0.717) is 6.54 Å². The minimum atomic E-state index is -0.833. The molecule has 0 radical (unpaired) electrons. The van der Waals surface area contributed by atoms with Crippen LogP contribution in [0.5, 0.6) is 0 Å². The maximum absolute atomic E-state index is 11.3. The van der Waals surface area contributed by atoms with Crippen LogP contribution in [0.2, 0.25) is 0 Å². The molecule has 0 rings (SSSR count). The van der Waals surface area contributed by atoms with Crippen molar-refractivity contribution < 1.29 is 19.5 Å². The molecular formula is C13H29N3O4. The summed E-state index contributed by atoms with van der Waals surface area (Å²) in [5, 5.41) is 15.7. The molecule has 2 amide bonds. The molecule has 0 bridgehead atoms. The first-order valence-electron chi connectivity index (χ1n) is 6.18. The molecule has 1 unspecified atom stereocenters. The molecule has 0 aromatic heterocycles. The zero-order valence-electron chi connectivity index (χ0n) is 12.1. The number of carbonyl (C=O) groups excluding carboxylic acids is 2. The quantitative estimate of drug-likeness (QED) is 0.308. The van der Waals surface area contributed by atoms with Crippen LogP contribution >= 0.6 is 0 Å². The molecule has 20 heavy (non-hydrogen) atoms. The molecule has 0 aliphatic rings. The van der Waals surface area contributed by atoms with E-state index in [2.05, 4.69) is 16.0 Å². The summed E-state index contributed by atoms with van der Waals surface area (Å²) in [6.45, 7) is 3.26. The number of hydrogen-bond acceptors (Lipinski definition) is 4. The molecule has 0 aliphatic carbocycles. The van der Waals surface area contributed by atoms with Crippen molar-refractivity contribution in [2.24, 2.45) is 0 Å². The first-order chi connectivity index (χ1) is 8.84. The van der Waals surface area contributed by atoms with Gasteiger partial charge in [0.1, 0.15) is 0 Å². The van der Waals surface area contributed by atoms with E-state index in [1.54, 1.807) is 14.1 Å². The van der Waals surface area contributed by atoms with E-state index in [9.17, 15) is 9.59 Å². The zero-order chi connectivity index (χ0) is 15.3. The summed E-state index contributed by atoms with van der Waals surface area (Å²) in [5.74, 6) is -0.830. The molecule has 7 heteroatoms. The number of nitrogens with one attached hydrogen (secondary N) is 3. The van der Waals surface area contributed by atoms with Gasteiger partial charge in [-0.05, 0) is 26.3 Å². The highest BCUT2D eigenvalue weighted by Gasteiger charge is 2.13. The minimum Gasteiger partial charge on any atom is -0.481 e. The van der Waals surface area contributed by atoms with Crippen molar-refractivity contribution in [3.8, 4) is 0 Å². The fourth-order valence-corrected chi connectivity index (χ4v) is 1.32. The summed E-state index contributed by atoms with van der Waals surface area (Å²) < 4.78 is 0. The predicted octanol–water partition coefficient (Wildman–Crippen LogP) is 0.354. The van der Waals surface area contributed by atoms with Gasteiger partial charge < -0.3 is 21.1 Å². The highest BCUT2D eigenvalue weighted by atomic mass is 16.4. The highest BCUT2D eigenvalue weighted by Crippen LogP contribution is 2.00. The van der Waals surface area contributed by atoms with Crippen molar-refractivity contribution in [3.05, 3.63) is 0 Å². The van der Waals surface area contributed by atoms with Gasteiger partial charge in [-0.25, -0.2) is 0 Å². The topological polar surface area (TPSA) is 108 Å². The Balaban J connectivity index is -0.000000508. The fraction of sp³-hybridized carbons (Fsp3) is 0.769. The first kappa shape index (κ1) is 23.5. The summed E-state index contributed by atoms with van der Waals surface area (Å²) in [5.41, 5.74) is 0. The van der Waals surface area contributed by atoms with Gasteiger partial charge in [0.05, 0.1) is 6.04 Å². The number of hydrogen-bond donors (Lipinski definition) is 4. The first-order valence-corrected chi connectivity index (χ1v) is 6.18. The van der Waals surface area contributed by atoms with Gasteiger partial charge in [-0.3, -0.25) is 14.4 Å². The lowest BCUT2D eigenvalue weighted by Crippen LogP contribution is -2.41. The van der Waals surface area contributed by atoms with Crippen molar-refractivity contribution >= 4 is 17.8 Å². The number of rotatable bonds is 7. The van der Waals surface area contributed by atoms with E-state index in [4.69, 9.17) is 9.90 Å². The van der Waals surface area contributed by atoms with Gasteiger partial charge in [0.25, 0.3) is 5.97 Å². The molecule has 0 saturated carbocycles. The van der Waals surface area contributed by atoms with Gasteiger partial charge in [0.2, 0.25) is 11.8 Å². The van der Waals surface area contributed by atoms with Crippen molar-refractivity contribution in [1.29, 1.82) is 0 Å². The van der Waals surface area contributed by atoms with Crippen LogP contribution in [-0.2, 0) is 14.4 Å². The summed E-state index contributed by atoms with van der Waals surface area (Å²) in [6.07, 6.45) is 2.60. The normalized spacial score (nSPS) is 10.2. The van der Waals surface area contributed by atoms with Crippen LogP contribution in [0, 0.1) is 0 Å². The number of carbonyl (C=O) groups is 3. The van der Waals surface area contributed by atoms with Crippen LogP contribution in [0.3, 0.4) is 0 Å². The molecule has 0 aliphatic heterocycles. The van der Waals surface area contributed by atoms with Gasteiger partial charge in [-0.15, -0.1) is 0 Å². The van der Waals surface area contributed by atoms with E-state index in [1.807, 2.05) is 0 Å². The second-order valence-corrected chi connectivity index (χ2v) is 3.95. The molecule has 0 saturated heterocycles. The zero-order valence-corrected chi connectivity index (χ0v) is 12.1.